The molecule has 1 unspecified atom stereocenters. The van der Waals surface area contributed by atoms with Gasteiger partial charge in [-0.1, -0.05) is 70.8 Å². The predicted octanol–water partition coefficient (Wildman–Crippen LogP) is 3.81. The molecule has 0 radical (unpaired) electrons. The Morgan fingerprint density at radius 1 is 0.950 bits per heavy atom. The molecule has 1 rings (SSSR count). The van der Waals surface area contributed by atoms with E-state index in [2.05, 4.69) is 12.2 Å². The van der Waals surface area contributed by atoms with Gasteiger partial charge in [0.1, 0.15) is 0 Å². The lowest BCUT2D eigenvalue weighted by Crippen LogP contribution is -2.30. The van der Waals surface area contributed by atoms with E-state index in [1.165, 1.54) is 63.2 Å². The molecule has 0 aliphatic carbocycles. The summed E-state index contributed by atoms with van der Waals surface area (Å²) in [7, 11) is -2.90. The molecule has 0 amide bonds. The van der Waals surface area contributed by atoms with Crippen LogP contribution in [0.25, 0.3) is 0 Å². The summed E-state index contributed by atoms with van der Waals surface area (Å²) in [6.45, 7) is 3.19. The summed E-state index contributed by atoms with van der Waals surface area (Å²) in [6, 6.07) is 0.0403. The molecular weight excluding hydrogens is 270 g/mol. The second-order valence-electron chi connectivity index (χ2n) is 5.90. The first-order valence-corrected chi connectivity index (χ1v) is 10.00. The first kappa shape index (κ1) is 17.7. The van der Waals surface area contributed by atoms with Gasteiger partial charge in [-0.3, -0.25) is 0 Å². The van der Waals surface area contributed by atoms with E-state index >= 15 is 0 Å². The van der Waals surface area contributed by atoms with E-state index in [1.54, 1.807) is 6.08 Å². The molecule has 4 heteroatoms. The van der Waals surface area contributed by atoms with Crippen LogP contribution in [0, 0.1) is 0 Å². The molecule has 0 fully saturated rings. The summed E-state index contributed by atoms with van der Waals surface area (Å²) in [5, 5.41) is 4.63. The fourth-order valence-corrected chi connectivity index (χ4v) is 3.87. The second-order valence-corrected chi connectivity index (χ2v) is 7.83. The fraction of sp³-hybridized carbons (Fsp3) is 0.875. The summed E-state index contributed by atoms with van der Waals surface area (Å²) in [6.07, 6.45) is 15.1. The zero-order valence-corrected chi connectivity index (χ0v) is 13.8. The van der Waals surface area contributed by atoms with Gasteiger partial charge >= 0.3 is 0 Å². The standard InChI is InChI=1S/C16H31NO2S/c1-2-3-4-5-6-7-8-9-10-11-13-17-16-12-14-20(18,19)15-16/h12,14,16-17H,2-11,13,15H2,1H3. The van der Waals surface area contributed by atoms with Crippen LogP contribution in [0.15, 0.2) is 11.5 Å². The minimum absolute atomic E-state index is 0.0403. The van der Waals surface area contributed by atoms with Gasteiger partial charge in [-0.15, -0.1) is 0 Å². The fourth-order valence-electron chi connectivity index (χ4n) is 2.60. The Bertz CT molecular complexity index is 363. The van der Waals surface area contributed by atoms with Crippen molar-refractivity contribution in [1.29, 1.82) is 0 Å². The van der Waals surface area contributed by atoms with Crippen LogP contribution in [-0.2, 0) is 9.84 Å². The topological polar surface area (TPSA) is 46.2 Å². The highest BCUT2D eigenvalue weighted by Crippen LogP contribution is 2.11. The monoisotopic (exact) mass is 301 g/mol. The zero-order valence-electron chi connectivity index (χ0n) is 12.9. The lowest BCUT2D eigenvalue weighted by atomic mass is 10.1. The van der Waals surface area contributed by atoms with Crippen molar-refractivity contribution in [1.82, 2.24) is 5.32 Å². The number of hydrogen-bond acceptors (Lipinski definition) is 3. The van der Waals surface area contributed by atoms with Crippen molar-refractivity contribution in [2.45, 2.75) is 77.2 Å². The number of hydrogen-bond donors (Lipinski definition) is 1. The van der Waals surface area contributed by atoms with Crippen molar-refractivity contribution >= 4 is 9.84 Å². The van der Waals surface area contributed by atoms with E-state index in [4.69, 9.17) is 0 Å². The average molecular weight is 301 g/mol. The van der Waals surface area contributed by atoms with Crippen molar-refractivity contribution in [3.63, 3.8) is 0 Å². The Labute approximate surface area is 125 Å². The summed E-state index contributed by atoms with van der Waals surface area (Å²) in [5.41, 5.74) is 0. The lowest BCUT2D eigenvalue weighted by Gasteiger charge is -2.09. The van der Waals surface area contributed by atoms with Gasteiger partial charge in [-0.25, -0.2) is 8.42 Å². The third-order valence-corrected chi connectivity index (χ3v) is 5.26. The molecule has 1 atom stereocenters. The Morgan fingerprint density at radius 2 is 1.50 bits per heavy atom. The molecule has 1 heterocycles. The van der Waals surface area contributed by atoms with Crippen LogP contribution in [0.2, 0.25) is 0 Å². The van der Waals surface area contributed by atoms with Crippen LogP contribution >= 0.6 is 0 Å². The van der Waals surface area contributed by atoms with E-state index in [0.717, 1.165) is 13.0 Å². The van der Waals surface area contributed by atoms with E-state index < -0.39 is 9.84 Å². The molecule has 0 bridgehead atoms. The quantitative estimate of drug-likeness (QED) is 0.558. The van der Waals surface area contributed by atoms with Crippen LogP contribution in [0.4, 0.5) is 0 Å². The molecule has 0 aromatic rings. The molecule has 0 aromatic heterocycles. The summed E-state index contributed by atoms with van der Waals surface area (Å²) in [4.78, 5) is 0. The first-order valence-electron chi connectivity index (χ1n) is 8.28. The summed E-state index contributed by atoms with van der Waals surface area (Å²) < 4.78 is 22.4. The highest BCUT2D eigenvalue weighted by atomic mass is 32.2. The average Bonchev–Trinajstić information content (AvgIpc) is 2.75. The van der Waals surface area contributed by atoms with Crippen LogP contribution in [0.5, 0.6) is 0 Å². The molecular formula is C16H31NO2S. The zero-order chi connectivity index (χ0) is 14.7. The van der Waals surface area contributed by atoms with Gasteiger partial charge < -0.3 is 5.32 Å². The number of unbranched alkanes of at least 4 members (excludes halogenated alkanes) is 9. The van der Waals surface area contributed by atoms with Gasteiger partial charge in [0.25, 0.3) is 0 Å². The van der Waals surface area contributed by atoms with Crippen LogP contribution in [0.3, 0.4) is 0 Å². The third-order valence-electron chi connectivity index (χ3n) is 3.87. The highest BCUT2D eigenvalue weighted by molar-refractivity contribution is 7.94. The maximum Gasteiger partial charge on any atom is 0.173 e. The maximum absolute atomic E-state index is 11.2. The number of nitrogens with one attached hydrogen (secondary N) is 1. The molecule has 0 spiro atoms. The van der Waals surface area contributed by atoms with Gasteiger partial charge in [0, 0.05) is 11.4 Å². The molecule has 1 aliphatic heterocycles. The van der Waals surface area contributed by atoms with Gasteiger partial charge in [0.05, 0.1) is 5.75 Å². The van der Waals surface area contributed by atoms with Gasteiger partial charge in [-0.05, 0) is 13.0 Å². The Balaban J connectivity index is 1.80. The molecule has 118 valence electrons. The molecule has 1 N–H and O–H groups in total. The summed E-state index contributed by atoms with van der Waals surface area (Å²) in [5.74, 6) is 0.241. The van der Waals surface area contributed by atoms with Crippen LogP contribution in [-0.4, -0.2) is 26.8 Å². The Hall–Kier alpha value is -0.350. The second kappa shape index (κ2) is 10.4. The van der Waals surface area contributed by atoms with Crippen molar-refractivity contribution in [3.05, 3.63) is 11.5 Å². The van der Waals surface area contributed by atoms with Crippen molar-refractivity contribution in [2.24, 2.45) is 0 Å². The smallest absolute Gasteiger partial charge is 0.173 e. The number of sulfone groups is 1. The summed E-state index contributed by atoms with van der Waals surface area (Å²) >= 11 is 0. The molecule has 20 heavy (non-hydrogen) atoms. The molecule has 0 saturated heterocycles. The van der Waals surface area contributed by atoms with Crippen molar-refractivity contribution < 1.29 is 8.42 Å². The van der Waals surface area contributed by atoms with E-state index in [-0.39, 0.29) is 11.8 Å². The van der Waals surface area contributed by atoms with E-state index in [1.807, 2.05) is 0 Å². The highest BCUT2D eigenvalue weighted by Gasteiger charge is 2.20. The largest absolute Gasteiger partial charge is 0.310 e. The van der Waals surface area contributed by atoms with Crippen LogP contribution < -0.4 is 5.32 Å². The molecule has 1 aliphatic rings. The van der Waals surface area contributed by atoms with E-state index in [0.29, 0.717) is 0 Å². The Morgan fingerprint density at radius 3 is 2.00 bits per heavy atom. The normalized spacial score (nSPS) is 20.6. The minimum Gasteiger partial charge on any atom is -0.310 e. The first-order chi connectivity index (χ1) is 9.64. The van der Waals surface area contributed by atoms with Crippen molar-refractivity contribution in [3.8, 4) is 0 Å². The third kappa shape index (κ3) is 8.75. The van der Waals surface area contributed by atoms with Crippen LogP contribution in [0.1, 0.15) is 71.1 Å². The Kier molecular flexibility index (Phi) is 9.19. The molecule has 3 nitrogen and oxygen atoms in total. The lowest BCUT2D eigenvalue weighted by molar-refractivity contribution is 0.535. The van der Waals surface area contributed by atoms with Gasteiger partial charge in [0.15, 0.2) is 9.84 Å². The minimum atomic E-state index is -2.90. The molecule has 0 saturated carbocycles. The molecule has 0 aromatic carbocycles. The SMILES string of the molecule is CCCCCCCCCCCCNC1C=CS(=O)(=O)C1. The van der Waals surface area contributed by atoms with Gasteiger partial charge in [0.2, 0.25) is 0 Å². The maximum atomic E-state index is 11.2. The van der Waals surface area contributed by atoms with Crippen molar-refractivity contribution in [2.75, 3.05) is 12.3 Å². The number of rotatable bonds is 12. The predicted molar refractivity (Wildman–Crippen MR) is 86.6 cm³/mol. The van der Waals surface area contributed by atoms with Gasteiger partial charge in [-0.2, -0.15) is 0 Å². The van der Waals surface area contributed by atoms with E-state index in [9.17, 15) is 8.42 Å².